The number of nitrogens with two attached hydrogens (primary N) is 1. The van der Waals surface area contributed by atoms with Gasteiger partial charge in [-0.15, -0.1) is 0 Å². The number of benzene rings is 1. The standard InChI is InChI=1S/C19H28N4O2.C2H6/c1-4-10-22(11-5-12-24)15(3)16-6-8-17(9-7-16)23-13-14(2)18(20)21-19(23)25;1-2/h6-9,13,15,24H,4-5,10-12H2,1-3H3,(H2,20,21,25);1-2H3. The number of nitrogens with zero attached hydrogens (tertiary/aromatic N) is 3. The molecule has 0 saturated heterocycles. The van der Waals surface area contributed by atoms with Crippen molar-refractivity contribution < 1.29 is 5.11 Å². The van der Waals surface area contributed by atoms with Gasteiger partial charge < -0.3 is 10.8 Å². The number of nitrogen functional groups attached to an aromatic ring is 1. The molecule has 0 radical (unpaired) electrons. The quantitative estimate of drug-likeness (QED) is 0.740. The molecule has 0 aliphatic heterocycles. The van der Waals surface area contributed by atoms with Crippen molar-refractivity contribution in [1.82, 2.24) is 14.5 Å². The largest absolute Gasteiger partial charge is 0.396 e. The first-order valence-electron chi connectivity index (χ1n) is 9.79. The van der Waals surface area contributed by atoms with Gasteiger partial charge in [0.25, 0.3) is 0 Å². The monoisotopic (exact) mass is 374 g/mol. The zero-order valence-electron chi connectivity index (χ0n) is 17.3. The number of hydrogen-bond acceptors (Lipinski definition) is 5. The second-order valence-corrected chi connectivity index (χ2v) is 6.34. The first-order chi connectivity index (χ1) is 13.0. The highest BCUT2D eigenvalue weighted by atomic mass is 16.3. The molecule has 6 nitrogen and oxygen atoms in total. The van der Waals surface area contributed by atoms with Crippen molar-refractivity contribution in [3.05, 3.63) is 52.1 Å². The first kappa shape index (κ1) is 22.9. The van der Waals surface area contributed by atoms with Crippen LogP contribution in [0.1, 0.15) is 57.7 Å². The number of anilines is 1. The Balaban J connectivity index is 0.00000176. The molecule has 2 rings (SSSR count). The van der Waals surface area contributed by atoms with E-state index in [2.05, 4.69) is 23.7 Å². The summed E-state index contributed by atoms with van der Waals surface area (Å²) in [6.07, 6.45) is 3.56. The number of aliphatic hydroxyl groups excluding tert-OH is 1. The van der Waals surface area contributed by atoms with E-state index in [0.29, 0.717) is 0 Å². The zero-order valence-corrected chi connectivity index (χ0v) is 17.3. The lowest BCUT2D eigenvalue weighted by Crippen LogP contribution is -2.29. The third kappa shape index (κ3) is 6.19. The molecule has 0 bridgehead atoms. The van der Waals surface area contributed by atoms with Gasteiger partial charge >= 0.3 is 5.69 Å². The van der Waals surface area contributed by atoms with E-state index in [9.17, 15) is 4.79 Å². The summed E-state index contributed by atoms with van der Waals surface area (Å²) in [5.74, 6) is 0.269. The van der Waals surface area contributed by atoms with E-state index < -0.39 is 0 Å². The van der Waals surface area contributed by atoms with Gasteiger partial charge in [0.1, 0.15) is 5.82 Å². The molecule has 3 N–H and O–H groups in total. The van der Waals surface area contributed by atoms with Gasteiger partial charge in [0.15, 0.2) is 0 Å². The minimum absolute atomic E-state index is 0.207. The highest BCUT2D eigenvalue weighted by molar-refractivity contribution is 5.40. The SMILES string of the molecule is CC.CCCN(CCCO)C(C)c1ccc(-n2cc(C)c(N)nc2=O)cc1. The van der Waals surface area contributed by atoms with Crippen LogP contribution in [0.3, 0.4) is 0 Å². The van der Waals surface area contributed by atoms with E-state index >= 15 is 0 Å². The van der Waals surface area contributed by atoms with Crippen LogP contribution in [0.4, 0.5) is 5.82 Å². The molecule has 1 heterocycles. The van der Waals surface area contributed by atoms with Crippen LogP contribution in [-0.2, 0) is 0 Å². The molecule has 0 spiro atoms. The molecular formula is C21H34N4O2. The van der Waals surface area contributed by atoms with Crippen molar-refractivity contribution in [3.8, 4) is 5.69 Å². The summed E-state index contributed by atoms with van der Waals surface area (Å²) < 4.78 is 1.51. The first-order valence-corrected chi connectivity index (χ1v) is 9.79. The summed E-state index contributed by atoms with van der Waals surface area (Å²) >= 11 is 0. The molecule has 1 aromatic carbocycles. The molecule has 27 heavy (non-hydrogen) atoms. The van der Waals surface area contributed by atoms with Crippen molar-refractivity contribution in [2.75, 3.05) is 25.4 Å². The fraction of sp³-hybridized carbons (Fsp3) is 0.524. The Labute approximate surface area is 162 Å². The average molecular weight is 375 g/mol. The number of rotatable bonds is 8. The molecule has 0 aliphatic rings. The zero-order chi connectivity index (χ0) is 20.4. The molecular weight excluding hydrogens is 340 g/mol. The number of aliphatic hydroxyl groups is 1. The van der Waals surface area contributed by atoms with Gasteiger partial charge in [0, 0.05) is 31.0 Å². The molecule has 2 aromatic rings. The van der Waals surface area contributed by atoms with Crippen LogP contribution in [-0.4, -0.2) is 39.3 Å². The van der Waals surface area contributed by atoms with Gasteiger partial charge in [0.05, 0.1) is 5.69 Å². The Morgan fingerprint density at radius 3 is 2.41 bits per heavy atom. The van der Waals surface area contributed by atoms with E-state index in [0.717, 1.165) is 37.2 Å². The van der Waals surface area contributed by atoms with Crippen LogP contribution in [0.25, 0.3) is 5.69 Å². The van der Waals surface area contributed by atoms with E-state index in [-0.39, 0.29) is 24.2 Å². The highest BCUT2D eigenvalue weighted by Crippen LogP contribution is 2.22. The lowest BCUT2D eigenvalue weighted by molar-refractivity contribution is 0.183. The van der Waals surface area contributed by atoms with Crippen LogP contribution >= 0.6 is 0 Å². The van der Waals surface area contributed by atoms with E-state index in [1.54, 1.807) is 6.20 Å². The van der Waals surface area contributed by atoms with E-state index in [1.165, 1.54) is 10.1 Å². The fourth-order valence-corrected chi connectivity index (χ4v) is 2.93. The predicted molar refractivity (Wildman–Crippen MR) is 112 cm³/mol. The fourth-order valence-electron chi connectivity index (χ4n) is 2.93. The molecule has 0 saturated carbocycles. The van der Waals surface area contributed by atoms with Gasteiger partial charge in [-0.05, 0) is 50.9 Å². The number of aromatic nitrogens is 2. The van der Waals surface area contributed by atoms with Gasteiger partial charge in [-0.3, -0.25) is 9.47 Å². The maximum atomic E-state index is 12.1. The molecule has 0 amide bonds. The average Bonchev–Trinajstić information content (AvgIpc) is 2.69. The molecule has 6 heteroatoms. The topological polar surface area (TPSA) is 84.4 Å². The summed E-state index contributed by atoms with van der Waals surface area (Å²) in [4.78, 5) is 18.3. The maximum absolute atomic E-state index is 12.1. The molecule has 1 aromatic heterocycles. The molecule has 150 valence electrons. The second-order valence-electron chi connectivity index (χ2n) is 6.34. The van der Waals surface area contributed by atoms with Crippen molar-refractivity contribution >= 4 is 5.82 Å². The predicted octanol–water partition coefficient (Wildman–Crippen LogP) is 3.30. The van der Waals surface area contributed by atoms with Crippen LogP contribution < -0.4 is 11.4 Å². The Morgan fingerprint density at radius 2 is 1.85 bits per heavy atom. The molecule has 0 fully saturated rings. The number of hydrogen-bond donors (Lipinski definition) is 2. The molecule has 1 unspecified atom stereocenters. The van der Waals surface area contributed by atoms with Crippen molar-refractivity contribution in [2.24, 2.45) is 0 Å². The van der Waals surface area contributed by atoms with Crippen LogP contribution in [0.2, 0.25) is 0 Å². The third-order valence-corrected chi connectivity index (χ3v) is 4.46. The smallest absolute Gasteiger partial charge is 0.354 e. The van der Waals surface area contributed by atoms with E-state index in [4.69, 9.17) is 10.8 Å². The molecule has 0 aliphatic carbocycles. The summed E-state index contributed by atoms with van der Waals surface area (Å²) in [6.45, 7) is 12.2. The van der Waals surface area contributed by atoms with Crippen LogP contribution in [0, 0.1) is 6.92 Å². The van der Waals surface area contributed by atoms with Gasteiger partial charge in [-0.25, -0.2) is 4.79 Å². The lowest BCUT2D eigenvalue weighted by atomic mass is 10.1. The van der Waals surface area contributed by atoms with Crippen molar-refractivity contribution in [2.45, 2.75) is 53.5 Å². The molecule has 1 atom stereocenters. The summed E-state index contributed by atoms with van der Waals surface area (Å²) in [5.41, 5.74) is 8.04. The minimum atomic E-state index is -0.376. The Hall–Kier alpha value is -2.18. The highest BCUT2D eigenvalue weighted by Gasteiger charge is 2.15. The van der Waals surface area contributed by atoms with Crippen LogP contribution in [0.5, 0.6) is 0 Å². The van der Waals surface area contributed by atoms with Crippen molar-refractivity contribution in [1.29, 1.82) is 0 Å². The van der Waals surface area contributed by atoms with Gasteiger partial charge in [-0.1, -0.05) is 32.9 Å². The third-order valence-electron chi connectivity index (χ3n) is 4.46. The van der Waals surface area contributed by atoms with Crippen molar-refractivity contribution in [3.63, 3.8) is 0 Å². The Kier molecular flexibility index (Phi) is 9.75. The summed E-state index contributed by atoms with van der Waals surface area (Å²) in [6, 6.07) is 8.20. The normalized spacial score (nSPS) is 11.8. The summed E-state index contributed by atoms with van der Waals surface area (Å²) in [7, 11) is 0. The van der Waals surface area contributed by atoms with Crippen LogP contribution in [0.15, 0.2) is 35.3 Å². The minimum Gasteiger partial charge on any atom is -0.396 e. The summed E-state index contributed by atoms with van der Waals surface area (Å²) in [5, 5.41) is 9.09. The van der Waals surface area contributed by atoms with Gasteiger partial charge in [-0.2, -0.15) is 4.98 Å². The number of aryl methyl sites for hydroxylation is 1. The lowest BCUT2D eigenvalue weighted by Gasteiger charge is -2.29. The second kappa shape index (κ2) is 11.5. The van der Waals surface area contributed by atoms with Gasteiger partial charge in [0.2, 0.25) is 0 Å². The Bertz CT molecular complexity index is 741. The maximum Gasteiger partial charge on any atom is 0.354 e. The van der Waals surface area contributed by atoms with E-state index in [1.807, 2.05) is 45.0 Å². The Morgan fingerprint density at radius 1 is 1.22 bits per heavy atom.